The van der Waals surface area contributed by atoms with E-state index in [1.165, 1.54) is 6.08 Å². The van der Waals surface area contributed by atoms with Crippen molar-refractivity contribution in [1.29, 1.82) is 0 Å². The molecule has 0 aromatic carbocycles. The van der Waals surface area contributed by atoms with Crippen molar-refractivity contribution in [2.24, 2.45) is 5.92 Å². The highest BCUT2D eigenvalue weighted by Crippen LogP contribution is 2.14. The van der Waals surface area contributed by atoms with Crippen LogP contribution in [0.5, 0.6) is 0 Å². The van der Waals surface area contributed by atoms with Crippen molar-refractivity contribution in [2.45, 2.75) is 51.0 Å². The predicted octanol–water partition coefficient (Wildman–Crippen LogP) is 0.455. The van der Waals surface area contributed by atoms with Gasteiger partial charge in [-0.2, -0.15) is 0 Å². The highest BCUT2D eigenvalue weighted by molar-refractivity contribution is 5.85. The van der Waals surface area contributed by atoms with Gasteiger partial charge in [-0.05, 0) is 12.5 Å². The van der Waals surface area contributed by atoms with E-state index in [0.717, 1.165) is 19.4 Å². The third-order valence-electron chi connectivity index (χ3n) is 3.38. The standard InChI is InChI=1S/C12H23NO3.ClH/c1-3-8(4-2)7-13-9-5-6-10(14)12(16)11(9)15;/h5-6,8-16H,3-4,7H2,1-2H3;1H/t9-,10+,11+,12+;/m1./s1. The van der Waals surface area contributed by atoms with E-state index < -0.39 is 18.3 Å². The summed E-state index contributed by atoms with van der Waals surface area (Å²) in [4.78, 5) is 0. The lowest BCUT2D eigenvalue weighted by atomic mass is 9.93. The Bertz CT molecular complexity index is 234. The van der Waals surface area contributed by atoms with Crippen molar-refractivity contribution >= 4 is 12.4 Å². The molecule has 0 aliphatic heterocycles. The third kappa shape index (κ3) is 4.56. The van der Waals surface area contributed by atoms with Gasteiger partial charge in [-0.15, -0.1) is 12.4 Å². The lowest BCUT2D eigenvalue weighted by Gasteiger charge is -2.32. The zero-order valence-electron chi connectivity index (χ0n) is 10.4. The molecule has 0 aromatic rings. The number of halogens is 1. The highest BCUT2D eigenvalue weighted by Gasteiger charge is 2.32. The summed E-state index contributed by atoms with van der Waals surface area (Å²) >= 11 is 0. The van der Waals surface area contributed by atoms with Crippen LogP contribution in [0.15, 0.2) is 12.2 Å². The first-order chi connectivity index (χ1) is 7.60. The van der Waals surface area contributed by atoms with Crippen molar-refractivity contribution in [3.63, 3.8) is 0 Å². The molecular weight excluding hydrogens is 242 g/mol. The summed E-state index contributed by atoms with van der Waals surface area (Å²) in [5.41, 5.74) is 0. The second-order valence-corrected chi connectivity index (χ2v) is 4.47. The Morgan fingerprint density at radius 1 is 1.06 bits per heavy atom. The SMILES string of the molecule is CCC(CC)CN[C@@H]1C=C[C@H](O)[C@H](O)[C@H]1O.Cl. The van der Waals surface area contributed by atoms with Gasteiger partial charge in [-0.25, -0.2) is 0 Å². The first kappa shape index (κ1) is 16.9. The van der Waals surface area contributed by atoms with Crippen molar-refractivity contribution in [3.05, 3.63) is 12.2 Å². The molecule has 0 unspecified atom stereocenters. The first-order valence-electron chi connectivity index (χ1n) is 6.06. The molecule has 0 fully saturated rings. The van der Waals surface area contributed by atoms with Gasteiger partial charge in [0.05, 0.1) is 6.04 Å². The van der Waals surface area contributed by atoms with Crippen molar-refractivity contribution in [3.8, 4) is 0 Å². The molecule has 0 aromatic heterocycles. The minimum absolute atomic E-state index is 0. The summed E-state index contributed by atoms with van der Waals surface area (Å²) in [6, 6.07) is -0.265. The molecule has 5 heteroatoms. The predicted molar refractivity (Wildman–Crippen MR) is 70.3 cm³/mol. The van der Waals surface area contributed by atoms with Gasteiger partial charge >= 0.3 is 0 Å². The zero-order chi connectivity index (χ0) is 12.1. The molecule has 102 valence electrons. The quantitative estimate of drug-likeness (QED) is 0.545. The van der Waals surface area contributed by atoms with Gasteiger partial charge < -0.3 is 20.6 Å². The molecule has 4 nitrogen and oxygen atoms in total. The normalized spacial score (nSPS) is 32.6. The van der Waals surface area contributed by atoms with Gasteiger partial charge in [0.1, 0.15) is 18.3 Å². The van der Waals surface area contributed by atoms with Gasteiger partial charge in [-0.1, -0.05) is 38.8 Å². The Hall–Kier alpha value is -0.130. The summed E-state index contributed by atoms with van der Waals surface area (Å²) < 4.78 is 0. The number of aliphatic hydroxyl groups excluding tert-OH is 3. The fourth-order valence-electron chi connectivity index (χ4n) is 1.94. The summed E-state index contributed by atoms with van der Waals surface area (Å²) in [7, 11) is 0. The van der Waals surface area contributed by atoms with Crippen LogP contribution < -0.4 is 5.32 Å². The van der Waals surface area contributed by atoms with Crippen LogP contribution in [0.4, 0.5) is 0 Å². The summed E-state index contributed by atoms with van der Waals surface area (Å²) in [6.45, 7) is 5.10. The molecular formula is C12H24ClNO3. The monoisotopic (exact) mass is 265 g/mol. The molecule has 0 saturated carbocycles. The molecule has 4 atom stereocenters. The van der Waals surface area contributed by atoms with Crippen molar-refractivity contribution < 1.29 is 15.3 Å². The third-order valence-corrected chi connectivity index (χ3v) is 3.38. The number of hydrogen-bond acceptors (Lipinski definition) is 4. The second kappa shape index (κ2) is 8.06. The Labute approximate surface area is 109 Å². The number of aliphatic hydroxyl groups is 3. The zero-order valence-corrected chi connectivity index (χ0v) is 11.2. The van der Waals surface area contributed by atoms with E-state index in [0.29, 0.717) is 5.92 Å². The van der Waals surface area contributed by atoms with E-state index in [2.05, 4.69) is 19.2 Å². The van der Waals surface area contributed by atoms with Crippen LogP contribution in [0.1, 0.15) is 26.7 Å². The lowest BCUT2D eigenvalue weighted by Crippen LogP contribution is -2.52. The Morgan fingerprint density at radius 3 is 2.18 bits per heavy atom. The van der Waals surface area contributed by atoms with E-state index in [4.69, 9.17) is 0 Å². The van der Waals surface area contributed by atoms with Gasteiger partial charge in [0.15, 0.2) is 0 Å². The lowest BCUT2D eigenvalue weighted by molar-refractivity contribution is -0.0568. The van der Waals surface area contributed by atoms with Crippen molar-refractivity contribution in [2.75, 3.05) is 6.54 Å². The first-order valence-corrected chi connectivity index (χ1v) is 6.06. The number of hydrogen-bond donors (Lipinski definition) is 4. The van der Waals surface area contributed by atoms with Crippen LogP contribution >= 0.6 is 12.4 Å². The van der Waals surface area contributed by atoms with Crippen LogP contribution in [-0.2, 0) is 0 Å². The molecule has 4 N–H and O–H groups in total. The molecule has 0 heterocycles. The number of rotatable bonds is 5. The molecule has 0 saturated heterocycles. The largest absolute Gasteiger partial charge is 0.388 e. The van der Waals surface area contributed by atoms with E-state index >= 15 is 0 Å². The van der Waals surface area contributed by atoms with Crippen LogP contribution in [0, 0.1) is 5.92 Å². The van der Waals surface area contributed by atoms with Crippen molar-refractivity contribution in [1.82, 2.24) is 5.32 Å². The fourth-order valence-corrected chi connectivity index (χ4v) is 1.94. The maximum atomic E-state index is 9.74. The molecule has 0 spiro atoms. The van der Waals surface area contributed by atoms with Gasteiger partial charge in [-0.3, -0.25) is 0 Å². The fraction of sp³-hybridized carbons (Fsp3) is 0.833. The van der Waals surface area contributed by atoms with Gasteiger partial charge in [0.25, 0.3) is 0 Å². The van der Waals surface area contributed by atoms with Gasteiger partial charge in [0.2, 0.25) is 0 Å². The highest BCUT2D eigenvalue weighted by atomic mass is 35.5. The maximum Gasteiger partial charge on any atom is 0.111 e. The molecule has 1 rings (SSSR count). The second-order valence-electron chi connectivity index (χ2n) is 4.47. The Morgan fingerprint density at radius 2 is 1.65 bits per heavy atom. The van der Waals surface area contributed by atoms with Crippen LogP contribution in [0.25, 0.3) is 0 Å². The molecule has 0 bridgehead atoms. The maximum absolute atomic E-state index is 9.74. The molecule has 17 heavy (non-hydrogen) atoms. The Kier molecular flexibility index (Phi) is 8.00. The van der Waals surface area contributed by atoms with Crippen LogP contribution in [0.3, 0.4) is 0 Å². The van der Waals surface area contributed by atoms with Crippen LogP contribution in [0.2, 0.25) is 0 Å². The molecule has 1 aliphatic carbocycles. The minimum atomic E-state index is -1.09. The average Bonchev–Trinajstić information content (AvgIpc) is 2.30. The summed E-state index contributed by atoms with van der Waals surface area (Å²) in [6.07, 6.45) is 2.47. The molecule has 0 amide bonds. The van der Waals surface area contributed by atoms with Gasteiger partial charge in [0, 0.05) is 0 Å². The molecule has 1 aliphatic rings. The Balaban J connectivity index is 0.00000256. The summed E-state index contributed by atoms with van der Waals surface area (Å²) in [5, 5.41) is 31.8. The average molecular weight is 266 g/mol. The summed E-state index contributed by atoms with van der Waals surface area (Å²) in [5.74, 6) is 0.588. The molecule has 0 radical (unpaired) electrons. The van der Waals surface area contributed by atoms with E-state index in [9.17, 15) is 15.3 Å². The van der Waals surface area contributed by atoms with E-state index in [1.54, 1.807) is 6.08 Å². The van der Waals surface area contributed by atoms with E-state index in [-0.39, 0.29) is 18.4 Å². The topological polar surface area (TPSA) is 72.7 Å². The smallest absolute Gasteiger partial charge is 0.111 e. The number of nitrogens with one attached hydrogen (secondary N) is 1. The van der Waals surface area contributed by atoms with Crippen LogP contribution in [-0.4, -0.2) is 46.2 Å². The minimum Gasteiger partial charge on any atom is -0.388 e. The van der Waals surface area contributed by atoms with E-state index in [1.807, 2.05) is 0 Å².